The van der Waals surface area contributed by atoms with E-state index in [0.717, 1.165) is 12.8 Å². The second-order valence-corrected chi connectivity index (χ2v) is 6.37. The predicted molar refractivity (Wildman–Crippen MR) is 99.8 cm³/mol. The van der Waals surface area contributed by atoms with E-state index < -0.39 is 0 Å². The molecule has 8 heteroatoms. The van der Waals surface area contributed by atoms with Gasteiger partial charge in [0.2, 0.25) is 5.91 Å². The monoisotopic (exact) mass is 371 g/mol. The lowest BCUT2D eigenvalue weighted by Gasteiger charge is -2.07. The van der Waals surface area contributed by atoms with Crippen molar-refractivity contribution >= 4 is 16.9 Å². The van der Waals surface area contributed by atoms with E-state index in [-0.39, 0.29) is 23.8 Å². The highest BCUT2D eigenvalue weighted by atomic mass is 19.1. The Balaban J connectivity index is 1.71. The lowest BCUT2D eigenvalue weighted by atomic mass is 10.2. The van der Waals surface area contributed by atoms with Crippen LogP contribution >= 0.6 is 0 Å². The molecule has 2 aromatic heterocycles. The number of rotatable bonds is 8. The van der Waals surface area contributed by atoms with Crippen molar-refractivity contribution in [2.75, 3.05) is 6.54 Å². The highest BCUT2D eigenvalue weighted by molar-refractivity contribution is 5.76. The van der Waals surface area contributed by atoms with Crippen LogP contribution in [0.4, 0.5) is 4.39 Å². The fourth-order valence-electron chi connectivity index (χ4n) is 2.83. The lowest BCUT2D eigenvalue weighted by molar-refractivity contribution is -0.121. The molecule has 2 heterocycles. The minimum atomic E-state index is -0.344. The van der Waals surface area contributed by atoms with Crippen molar-refractivity contribution in [1.82, 2.24) is 24.6 Å². The van der Waals surface area contributed by atoms with Crippen LogP contribution < -0.4 is 10.9 Å². The van der Waals surface area contributed by atoms with Crippen molar-refractivity contribution in [3.8, 4) is 0 Å². The topological polar surface area (TPSA) is 81.8 Å². The molecule has 0 fully saturated rings. The summed E-state index contributed by atoms with van der Waals surface area (Å²) in [5.41, 5.74) is 0.918. The minimum Gasteiger partial charge on any atom is -0.354 e. The van der Waals surface area contributed by atoms with Gasteiger partial charge in [-0.3, -0.25) is 14.2 Å². The number of fused-ring (bicyclic) bond motifs is 1. The van der Waals surface area contributed by atoms with Gasteiger partial charge in [-0.05, 0) is 24.1 Å². The zero-order valence-electron chi connectivity index (χ0n) is 15.2. The van der Waals surface area contributed by atoms with Gasteiger partial charge in [0.1, 0.15) is 17.5 Å². The number of hydrogen-bond acceptors (Lipinski definition) is 4. The molecule has 0 unspecified atom stereocenters. The first-order valence-corrected chi connectivity index (χ1v) is 9.00. The van der Waals surface area contributed by atoms with Gasteiger partial charge in [0.25, 0.3) is 5.56 Å². The van der Waals surface area contributed by atoms with Crippen LogP contribution in [0.2, 0.25) is 0 Å². The van der Waals surface area contributed by atoms with Gasteiger partial charge in [0, 0.05) is 13.0 Å². The Morgan fingerprint density at radius 1 is 1.33 bits per heavy atom. The number of nitrogens with zero attached hydrogens (tertiary/aromatic N) is 4. The van der Waals surface area contributed by atoms with Gasteiger partial charge in [0.15, 0.2) is 5.65 Å². The van der Waals surface area contributed by atoms with Gasteiger partial charge < -0.3 is 5.32 Å². The molecule has 0 bridgehead atoms. The molecule has 3 rings (SSSR count). The van der Waals surface area contributed by atoms with Gasteiger partial charge in [-0.2, -0.15) is 5.10 Å². The molecule has 0 saturated carbocycles. The molecule has 3 aromatic rings. The standard InChI is InChI=1S/C19H22FN5O2/c1-2-3-7-17(26)21-8-9-25-18-16(11-23-25)19(27)24(13-22-18)12-14-5-4-6-15(20)10-14/h4-6,10-11,13H,2-3,7-9,12H2,1H3,(H,21,26). The summed E-state index contributed by atoms with van der Waals surface area (Å²) in [5.74, 6) is -0.331. The molecule has 1 aromatic carbocycles. The quantitative estimate of drug-likeness (QED) is 0.657. The molecule has 7 nitrogen and oxygen atoms in total. The molecule has 0 aliphatic heterocycles. The molecular weight excluding hydrogens is 349 g/mol. The van der Waals surface area contributed by atoms with Gasteiger partial charge in [-0.15, -0.1) is 0 Å². The van der Waals surface area contributed by atoms with Crippen LogP contribution in [0.5, 0.6) is 0 Å². The summed E-state index contributed by atoms with van der Waals surface area (Å²) in [6.45, 7) is 3.13. The minimum absolute atomic E-state index is 0.0127. The average Bonchev–Trinajstić information content (AvgIpc) is 3.06. The second kappa shape index (κ2) is 8.57. The highest BCUT2D eigenvalue weighted by Gasteiger charge is 2.11. The van der Waals surface area contributed by atoms with E-state index in [2.05, 4.69) is 15.4 Å². The second-order valence-electron chi connectivity index (χ2n) is 6.37. The first kappa shape index (κ1) is 18.8. The van der Waals surface area contributed by atoms with Crippen LogP contribution in [0.1, 0.15) is 31.7 Å². The molecule has 27 heavy (non-hydrogen) atoms. The number of carbonyl (C=O) groups excluding carboxylic acids is 1. The van der Waals surface area contributed by atoms with Crippen molar-refractivity contribution in [2.45, 2.75) is 39.3 Å². The number of carbonyl (C=O) groups is 1. The van der Waals surface area contributed by atoms with Crippen molar-refractivity contribution in [3.05, 3.63) is 58.5 Å². The third-order valence-electron chi connectivity index (χ3n) is 4.27. The summed E-state index contributed by atoms with van der Waals surface area (Å²) in [7, 11) is 0. The highest BCUT2D eigenvalue weighted by Crippen LogP contribution is 2.08. The number of nitrogens with one attached hydrogen (secondary N) is 1. The average molecular weight is 371 g/mol. The summed E-state index contributed by atoms with van der Waals surface area (Å²) in [6.07, 6.45) is 5.27. The summed E-state index contributed by atoms with van der Waals surface area (Å²) < 4.78 is 16.4. The van der Waals surface area contributed by atoms with Crippen molar-refractivity contribution in [3.63, 3.8) is 0 Å². The number of aromatic nitrogens is 4. The van der Waals surface area contributed by atoms with E-state index in [1.54, 1.807) is 16.8 Å². The maximum Gasteiger partial charge on any atom is 0.264 e. The first-order chi connectivity index (χ1) is 13.1. The zero-order valence-corrected chi connectivity index (χ0v) is 15.2. The van der Waals surface area contributed by atoms with Crippen LogP contribution in [0, 0.1) is 5.82 Å². The summed E-state index contributed by atoms with van der Waals surface area (Å²) in [4.78, 5) is 28.6. The summed E-state index contributed by atoms with van der Waals surface area (Å²) in [5, 5.41) is 7.44. The third-order valence-corrected chi connectivity index (χ3v) is 4.27. The van der Waals surface area contributed by atoms with E-state index in [1.807, 2.05) is 6.92 Å². The Bertz CT molecular complexity index is 995. The maximum absolute atomic E-state index is 13.3. The molecule has 0 radical (unpaired) electrons. The number of benzene rings is 1. The first-order valence-electron chi connectivity index (χ1n) is 9.00. The van der Waals surface area contributed by atoms with Crippen LogP contribution in [-0.4, -0.2) is 31.8 Å². The van der Waals surface area contributed by atoms with Crippen LogP contribution in [0.3, 0.4) is 0 Å². The van der Waals surface area contributed by atoms with Crippen molar-refractivity contribution in [1.29, 1.82) is 0 Å². The van der Waals surface area contributed by atoms with Gasteiger partial charge >= 0.3 is 0 Å². The van der Waals surface area contributed by atoms with E-state index >= 15 is 0 Å². The van der Waals surface area contributed by atoms with Crippen molar-refractivity contribution in [2.24, 2.45) is 0 Å². The zero-order chi connectivity index (χ0) is 19.2. The number of hydrogen-bond donors (Lipinski definition) is 1. The van der Waals surface area contributed by atoms with E-state index in [9.17, 15) is 14.0 Å². The van der Waals surface area contributed by atoms with Crippen LogP contribution in [0.15, 0.2) is 41.6 Å². The fraction of sp³-hybridized carbons (Fsp3) is 0.368. The number of unbranched alkanes of at least 4 members (excludes halogenated alkanes) is 1. The molecule has 0 atom stereocenters. The Kier molecular flexibility index (Phi) is 5.95. The Labute approximate surface area is 155 Å². The number of amides is 1. The van der Waals surface area contributed by atoms with Crippen LogP contribution in [-0.2, 0) is 17.9 Å². The van der Waals surface area contributed by atoms with Gasteiger partial charge in [-0.1, -0.05) is 25.5 Å². The third kappa shape index (κ3) is 4.58. The molecule has 0 aliphatic rings. The molecule has 142 valence electrons. The van der Waals surface area contributed by atoms with E-state index in [4.69, 9.17) is 0 Å². The largest absolute Gasteiger partial charge is 0.354 e. The normalized spacial score (nSPS) is 11.0. The SMILES string of the molecule is CCCCC(=O)NCCn1ncc2c(=O)n(Cc3cccc(F)c3)cnc21. The van der Waals surface area contributed by atoms with Crippen molar-refractivity contribution < 1.29 is 9.18 Å². The molecule has 1 amide bonds. The Hall–Kier alpha value is -3.03. The van der Waals surface area contributed by atoms with E-state index in [0.29, 0.717) is 36.1 Å². The predicted octanol–water partition coefficient (Wildman–Crippen LogP) is 2.09. The smallest absolute Gasteiger partial charge is 0.264 e. The molecular formula is C19H22FN5O2. The van der Waals surface area contributed by atoms with Gasteiger partial charge in [0.05, 0.1) is 19.3 Å². The molecule has 0 saturated heterocycles. The van der Waals surface area contributed by atoms with Gasteiger partial charge in [-0.25, -0.2) is 14.1 Å². The molecule has 1 N–H and O–H groups in total. The summed E-state index contributed by atoms with van der Waals surface area (Å²) >= 11 is 0. The number of halogens is 1. The van der Waals surface area contributed by atoms with Crippen LogP contribution in [0.25, 0.3) is 11.0 Å². The van der Waals surface area contributed by atoms with E-state index in [1.165, 1.54) is 29.2 Å². The summed E-state index contributed by atoms with van der Waals surface area (Å²) in [6, 6.07) is 6.11. The maximum atomic E-state index is 13.3. The Morgan fingerprint density at radius 2 is 2.19 bits per heavy atom. The lowest BCUT2D eigenvalue weighted by Crippen LogP contribution is -2.27. The molecule has 0 spiro atoms. The Morgan fingerprint density at radius 3 is 2.96 bits per heavy atom. The molecule has 0 aliphatic carbocycles. The fourth-order valence-corrected chi connectivity index (χ4v) is 2.83.